The van der Waals surface area contributed by atoms with Crippen LogP contribution in [0, 0.1) is 17.0 Å². The molecular formula is C8H9ClN2O2. The maximum absolute atomic E-state index is 10.6. The minimum atomic E-state index is -0.453. The van der Waals surface area contributed by atoms with E-state index < -0.39 is 4.92 Å². The van der Waals surface area contributed by atoms with Gasteiger partial charge in [-0.3, -0.25) is 10.1 Å². The lowest BCUT2D eigenvalue weighted by Gasteiger charge is -2.05. The molecule has 70 valence electrons. The second-order valence-electron chi connectivity index (χ2n) is 2.63. The molecule has 0 atom stereocenters. The van der Waals surface area contributed by atoms with Crippen LogP contribution in [0.3, 0.4) is 0 Å². The lowest BCUT2D eigenvalue weighted by atomic mass is 10.1. The summed E-state index contributed by atoms with van der Waals surface area (Å²) >= 11 is 5.79. The highest BCUT2D eigenvalue weighted by Gasteiger charge is 2.15. The lowest BCUT2D eigenvalue weighted by Crippen LogP contribution is -2.04. The predicted molar refractivity (Wildman–Crippen MR) is 50.7 cm³/mol. The van der Waals surface area contributed by atoms with Crippen molar-refractivity contribution in [1.82, 2.24) is 0 Å². The maximum atomic E-state index is 10.6. The van der Waals surface area contributed by atoms with Crippen LogP contribution in [0.5, 0.6) is 0 Å². The minimum Gasteiger partial charge on any atom is -0.326 e. The molecule has 0 heterocycles. The third-order valence-corrected chi connectivity index (χ3v) is 2.32. The van der Waals surface area contributed by atoms with E-state index in [0.29, 0.717) is 16.1 Å². The summed E-state index contributed by atoms with van der Waals surface area (Å²) in [7, 11) is 0. The van der Waals surface area contributed by atoms with Gasteiger partial charge in [-0.15, -0.1) is 0 Å². The average Bonchev–Trinajstić information content (AvgIpc) is 2.09. The Bertz CT molecular complexity index is 352. The van der Waals surface area contributed by atoms with Crippen molar-refractivity contribution in [2.75, 3.05) is 0 Å². The van der Waals surface area contributed by atoms with Gasteiger partial charge in [0.1, 0.15) is 0 Å². The number of benzene rings is 1. The van der Waals surface area contributed by atoms with Gasteiger partial charge in [0.15, 0.2) is 0 Å². The first kappa shape index (κ1) is 9.95. The Labute approximate surface area is 80.5 Å². The summed E-state index contributed by atoms with van der Waals surface area (Å²) in [4.78, 5) is 10.1. The first-order valence-corrected chi connectivity index (χ1v) is 4.08. The molecule has 2 N–H and O–H groups in total. The molecule has 4 nitrogen and oxygen atoms in total. The third-order valence-electron chi connectivity index (χ3n) is 1.91. The zero-order chi connectivity index (χ0) is 10.0. The van der Waals surface area contributed by atoms with Gasteiger partial charge in [-0.2, -0.15) is 0 Å². The van der Waals surface area contributed by atoms with Crippen molar-refractivity contribution in [2.24, 2.45) is 5.73 Å². The summed E-state index contributed by atoms with van der Waals surface area (Å²) in [5.41, 5.74) is 6.60. The highest BCUT2D eigenvalue weighted by molar-refractivity contribution is 6.31. The van der Waals surface area contributed by atoms with Crippen molar-refractivity contribution in [1.29, 1.82) is 0 Å². The Kier molecular flexibility index (Phi) is 2.85. The number of hydrogen-bond acceptors (Lipinski definition) is 3. The van der Waals surface area contributed by atoms with Crippen LogP contribution in [0.1, 0.15) is 11.1 Å². The molecule has 13 heavy (non-hydrogen) atoms. The fourth-order valence-corrected chi connectivity index (χ4v) is 1.32. The summed E-state index contributed by atoms with van der Waals surface area (Å²) in [6.45, 7) is 1.85. The van der Waals surface area contributed by atoms with Crippen molar-refractivity contribution in [3.63, 3.8) is 0 Å². The van der Waals surface area contributed by atoms with Crippen LogP contribution in [0.25, 0.3) is 0 Å². The van der Waals surface area contributed by atoms with Crippen LogP contribution in [-0.2, 0) is 6.54 Å². The molecule has 0 saturated heterocycles. The molecule has 1 rings (SSSR count). The second kappa shape index (κ2) is 3.72. The number of nitro groups is 1. The van der Waals surface area contributed by atoms with Crippen LogP contribution in [0.4, 0.5) is 5.69 Å². The SMILES string of the molecule is Cc1c(Cl)ccc([N+](=O)[O-])c1CN. The quantitative estimate of drug-likeness (QED) is 0.587. The molecule has 1 aromatic rings. The Balaban J connectivity index is 3.38. The Morgan fingerprint density at radius 2 is 2.23 bits per heavy atom. The molecule has 0 aliphatic rings. The van der Waals surface area contributed by atoms with E-state index in [4.69, 9.17) is 17.3 Å². The first-order valence-electron chi connectivity index (χ1n) is 3.70. The zero-order valence-corrected chi connectivity index (χ0v) is 7.84. The fourth-order valence-electron chi connectivity index (χ4n) is 1.14. The molecule has 0 fully saturated rings. The topological polar surface area (TPSA) is 69.2 Å². The van der Waals surface area contributed by atoms with E-state index in [1.54, 1.807) is 6.92 Å². The minimum absolute atomic E-state index is 0.0319. The van der Waals surface area contributed by atoms with Crippen molar-refractivity contribution in [3.05, 3.63) is 38.4 Å². The van der Waals surface area contributed by atoms with E-state index in [1.165, 1.54) is 12.1 Å². The molecule has 0 aliphatic carbocycles. The highest BCUT2D eigenvalue weighted by atomic mass is 35.5. The molecule has 0 unspecified atom stereocenters. The van der Waals surface area contributed by atoms with E-state index in [0.717, 1.165) is 0 Å². The van der Waals surface area contributed by atoms with Crippen LogP contribution in [0.2, 0.25) is 5.02 Å². The van der Waals surface area contributed by atoms with Gasteiger partial charge in [0, 0.05) is 23.2 Å². The summed E-state index contributed by atoms with van der Waals surface area (Å²) in [6, 6.07) is 2.88. The Morgan fingerprint density at radius 1 is 1.62 bits per heavy atom. The fraction of sp³-hybridized carbons (Fsp3) is 0.250. The van der Waals surface area contributed by atoms with Crippen LogP contribution in [-0.4, -0.2) is 4.92 Å². The first-order chi connectivity index (χ1) is 6.07. The van der Waals surface area contributed by atoms with E-state index in [2.05, 4.69) is 0 Å². The lowest BCUT2D eigenvalue weighted by molar-refractivity contribution is -0.385. The van der Waals surface area contributed by atoms with Gasteiger partial charge in [-0.05, 0) is 18.6 Å². The predicted octanol–water partition coefficient (Wildman–Crippen LogP) is 2.02. The number of nitrogens with zero attached hydrogens (tertiary/aromatic N) is 1. The number of nitro benzene ring substituents is 1. The van der Waals surface area contributed by atoms with E-state index in [9.17, 15) is 10.1 Å². The maximum Gasteiger partial charge on any atom is 0.274 e. The molecule has 0 aromatic heterocycles. The van der Waals surface area contributed by atoms with Crippen molar-refractivity contribution in [2.45, 2.75) is 13.5 Å². The van der Waals surface area contributed by atoms with Gasteiger partial charge < -0.3 is 5.73 Å². The molecular weight excluding hydrogens is 192 g/mol. The molecule has 0 radical (unpaired) electrons. The summed E-state index contributed by atoms with van der Waals surface area (Å²) in [5.74, 6) is 0. The monoisotopic (exact) mass is 200 g/mol. The highest BCUT2D eigenvalue weighted by Crippen LogP contribution is 2.27. The molecule has 1 aromatic carbocycles. The number of nitrogens with two attached hydrogens (primary N) is 1. The van der Waals surface area contributed by atoms with Crippen molar-refractivity contribution < 1.29 is 4.92 Å². The number of rotatable bonds is 2. The molecule has 0 bridgehead atoms. The van der Waals surface area contributed by atoms with Crippen LogP contribution >= 0.6 is 11.6 Å². The number of halogens is 1. The summed E-state index contributed by atoms with van der Waals surface area (Å²) in [5, 5.41) is 11.1. The van der Waals surface area contributed by atoms with E-state index in [1.807, 2.05) is 0 Å². The van der Waals surface area contributed by atoms with Gasteiger partial charge in [0.05, 0.1) is 4.92 Å². The van der Waals surface area contributed by atoms with Gasteiger partial charge in [-0.25, -0.2) is 0 Å². The standard InChI is InChI=1S/C8H9ClN2O2/c1-5-6(4-10)8(11(12)13)3-2-7(5)9/h2-3H,4,10H2,1H3. The van der Waals surface area contributed by atoms with Crippen molar-refractivity contribution in [3.8, 4) is 0 Å². The van der Waals surface area contributed by atoms with Gasteiger partial charge in [0.25, 0.3) is 5.69 Å². The van der Waals surface area contributed by atoms with E-state index in [-0.39, 0.29) is 12.2 Å². The Hall–Kier alpha value is -1.13. The molecule has 5 heteroatoms. The van der Waals surface area contributed by atoms with Gasteiger partial charge in [-0.1, -0.05) is 11.6 Å². The van der Waals surface area contributed by atoms with E-state index >= 15 is 0 Å². The van der Waals surface area contributed by atoms with Gasteiger partial charge >= 0.3 is 0 Å². The van der Waals surface area contributed by atoms with Crippen LogP contribution < -0.4 is 5.73 Å². The average molecular weight is 201 g/mol. The summed E-state index contributed by atoms with van der Waals surface area (Å²) in [6.07, 6.45) is 0. The van der Waals surface area contributed by atoms with Crippen molar-refractivity contribution >= 4 is 17.3 Å². The molecule has 0 aliphatic heterocycles. The normalized spacial score (nSPS) is 10.1. The number of hydrogen-bond donors (Lipinski definition) is 1. The largest absolute Gasteiger partial charge is 0.326 e. The molecule has 0 saturated carbocycles. The summed E-state index contributed by atoms with van der Waals surface area (Å²) < 4.78 is 0. The molecule has 0 spiro atoms. The zero-order valence-electron chi connectivity index (χ0n) is 7.08. The van der Waals surface area contributed by atoms with Gasteiger partial charge in [0.2, 0.25) is 0 Å². The second-order valence-corrected chi connectivity index (χ2v) is 3.04. The van der Waals surface area contributed by atoms with Crippen LogP contribution in [0.15, 0.2) is 12.1 Å². The smallest absolute Gasteiger partial charge is 0.274 e. The Morgan fingerprint density at radius 3 is 2.69 bits per heavy atom. The third kappa shape index (κ3) is 1.79. The molecule has 0 amide bonds.